The Morgan fingerprint density at radius 2 is 2.05 bits per heavy atom. The van der Waals surface area contributed by atoms with Crippen molar-refractivity contribution in [2.75, 3.05) is 12.3 Å². The third-order valence-corrected chi connectivity index (χ3v) is 2.93. The highest BCUT2D eigenvalue weighted by atomic mass is 35.5. The molecule has 0 amide bonds. The third-order valence-electron chi connectivity index (χ3n) is 2.58. The van der Waals surface area contributed by atoms with E-state index in [1.807, 2.05) is 6.92 Å². The first-order chi connectivity index (χ1) is 9.49. The maximum Gasteiger partial charge on any atom is 0.347 e. The molecule has 0 bridgehead atoms. The smallest absolute Gasteiger partial charge is 0.347 e. The van der Waals surface area contributed by atoms with Gasteiger partial charge >= 0.3 is 11.9 Å². The minimum Gasteiger partial charge on any atom is -0.463 e. The number of benzene rings is 1. The van der Waals surface area contributed by atoms with Gasteiger partial charge in [0.15, 0.2) is 6.10 Å². The minimum absolute atomic E-state index is 0.241. The summed E-state index contributed by atoms with van der Waals surface area (Å²) in [5.41, 5.74) is 6.15. The monoisotopic (exact) mass is 299 g/mol. The van der Waals surface area contributed by atoms with Gasteiger partial charge in [0.25, 0.3) is 0 Å². The van der Waals surface area contributed by atoms with Crippen molar-refractivity contribution in [3.8, 4) is 0 Å². The summed E-state index contributed by atoms with van der Waals surface area (Å²) in [6.45, 7) is 3.83. The summed E-state index contributed by atoms with van der Waals surface area (Å²) in [6.07, 6.45) is 0.206. The SMILES string of the molecule is CCCC(OC(=O)c1ccc(Cl)c(N)c1)C(=O)OCC. The van der Waals surface area contributed by atoms with E-state index in [-0.39, 0.29) is 17.9 Å². The lowest BCUT2D eigenvalue weighted by Gasteiger charge is -2.16. The van der Waals surface area contributed by atoms with Crippen LogP contribution < -0.4 is 5.73 Å². The van der Waals surface area contributed by atoms with Crippen LogP contribution in [0.25, 0.3) is 0 Å². The van der Waals surface area contributed by atoms with Crippen molar-refractivity contribution >= 4 is 29.2 Å². The van der Waals surface area contributed by atoms with E-state index in [0.29, 0.717) is 17.9 Å². The number of nitrogen functional groups attached to an aromatic ring is 1. The molecule has 0 aliphatic heterocycles. The second kappa shape index (κ2) is 7.75. The molecule has 0 spiro atoms. The number of esters is 2. The Hall–Kier alpha value is -1.75. The van der Waals surface area contributed by atoms with Gasteiger partial charge in [-0.25, -0.2) is 9.59 Å². The van der Waals surface area contributed by atoms with Gasteiger partial charge in [0.05, 0.1) is 22.9 Å². The van der Waals surface area contributed by atoms with Gasteiger partial charge in [-0.15, -0.1) is 0 Å². The fraction of sp³-hybridized carbons (Fsp3) is 0.429. The van der Waals surface area contributed by atoms with E-state index in [4.69, 9.17) is 26.8 Å². The Kier molecular flexibility index (Phi) is 6.31. The molecule has 5 nitrogen and oxygen atoms in total. The normalized spacial score (nSPS) is 11.8. The van der Waals surface area contributed by atoms with Crippen molar-refractivity contribution in [2.45, 2.75) is 32.8 Å². The second-order valence-corrected chi connectivity index (χ2v) is 4.58. The Labute approximate surface area is 123 Å². The molecule has 0 saturated carbocycles. The molecule has 0 fully saturated rings. The molecule has 0 saturated heterocycles. The lowest BCUT2D eigenvalue weighted by atomic mass is 10.2. The number of anilines is 1. The average Bonchev–Trinajstić information content (AvgIpc) is 2.41. The molecule has 6 heteroatoms. The van der Waals surface area contributed by atoms with Crippen molar-refractivity contribution in [1.82, 2.24) is 0 Å². The molecule has 1 atom stereocenters. The Bertz CT molecular complexity index is 490. The summed E-state index contributed by atoms with van der Waals surface area (Å²) in [6, 6.07) is 4.42. The second-order valence-electron chi connectivity index (χ2n) is 4.17. The summed E-state index contributed by atoms with van der Waals surface area (Å²) in [7, 11) is 0. The highest BCUT2D eigenvalue weighted by Crippen LogP contribution is 2.20. The average molecular weight is 300 g/mol. The lowest BCUT2D eigenvalue weighted by Crippen LogP contribution is -2.29. The number of hydrogen-bond donors (Lipinski definition) is 1. The number of rotatable bonds is 6. The third kappa shape index (κ3) is 4.42. The quantitative estimate of drug-likeness (QED) is 0.645. The van der Waals surface area contributed by atoms with Gasteiger partial charge in [0, 0.05) is 0 Å². The number of hydrogen-bond acceptors (Lipinski definition) is 5. The first-order valence-corrected chi connectivity index (χ1v) is 6.80. The molecule has 1 aromatic rings. The van der Waals surface area contributed by atoms with Crippen molar-refractivity contribution in [3.05, 3.63) is 28.8 Å². The summed E-state index contributed by atoms with van der Waals surface area (Å²) in [4.78, 5) is 23.6. The van der Waals surface area contributed by atoms with Gasteiger partial charge in [-0.05, 0) is 31.5 Å². The molecule has 1 rings (SSSR count). The standard InChI is InChI=1S/C14H18ClNO4/c1-3-5-12(14(18)19-4-2)20-13(17)9-6-7-10(15)11(16)8-9/h6-8,12H,3-5,16H2,1-2H3. The highest BCUT2D eigenvalue weighted by Gasteiger charge is 2.24. The van der Waals surface area contributed by atoms with Crippen LogP contribution in [-0.4, -0.2) is 24.6 Å². The fourth-order valence-electron chi connectivity index (χ4n) is 1.59. The summed E-state index contributed by atoms with van der Waals surface area (Å²) >= 11 is 5.78. The predicted molar refractivity (Wildman–Crippen MR) is 76.6 cm³/mol. The Balaban J connectivity index is 2.79. The zero-order valence-corrected chi connectivity index (χ0v) is 12.3. The van der Waals surface area contributed by atoms with E-state index in [1.54, 1.807) is 6.92 Å². The van der Waals surface area contributed by atoms with Crippen LogP contribution in [0.3, 0.4) is 0 Å². The van der Waals surface area contributed by atoms with Crippen molar-refractivity contribution in [3.63, 3.8) is 0 Å². The van der Waals surface area contributed by atoms with Crippen molar-refractivity contribution < 1.29 is 19.1 Å². The van der Waals surface area contributed by atoms with Crippen LogP contribution in [0.5, 0.6) is 0 Å². The summed E-state index contributed by atoms with van der Waals surface area (Å²) in [5, 5.41) is 0.358. The number of halogens is 1. The minimum atomic E-state index is -0.899. The molecular weight excluding hydrogens is 282 g/mol. The number of nitrogens with two attached hydrogens (primary N) is 1. The van der Waals surface area contributed by atoms with Crippen molar-refractivity contribution in [2.24, 2.45) is 0 Å². The van der Waals surface area contributed by atoms with Gasteiger partial charge in [0.1, 0.15) is 0 Å². The molecule has 1 aromatic carbocycles. The molecule has 0 heterocycles. The van der Waals surface area contributed by atoms with E-state index >= 15 is 0 Å². The lowest BCUT2D eigenvalue weighted by molar-refractivity contribution is -0.153. The largest absolute Gasteiger partial charge is 0.463 e. The van der Waals surface area contributed by atoms with Crippen LogP contribution in [0.1, 0.15) is 37.0 Å². The van der Waals surface area contributed by atoms with E-state index in [0.717, 1.165) is 0 Å². The topological polar surface area (TPSA) is 78.6 Å². The molecule has 0 radical (unpaired) electrons. The molecule has 0 aliphatic rings. The van der Waals surface area contributed by atoms with Crippen LogP contribution in [0.15, 0.2) is 18.2 Å². The summed E-state index contributed by atoms with van der Waals surface area (Å²) < 4.78 is 10.0. The first kappa shape index (κ1) is 16.3. The van der Waals surface area contributed by atoms with Gasteiger partial charge < -0.3 is 15.2 Å². The Morgan fingerprint density at radius 1 is 1.35 bits per heavy atom. The number of ether oxygens (including phenoxy) is 2. The van der Waals surface area contributed by atoms with Crippen LogP contribution in [0.4, 0.5) is 5.69 Å². The van der Waals surface area contributed by atoms with E-state index in [1.165, 1.54) is 18.2 Å². The zero-order chi connectivity index (χ0) is 15.1. The highest BCUT2D eigenvalue weighted by molar-refractivity contribution is 6.33. The molecular formula is C14H18ClNO4. The van der Waals surface area contributed by atoms with Gasteiger partial charge in [-0.2, -0.15) is 0 Å². The fourth-order valence-corrected chi connectivity index (χ4v) is 1.71. The first-order valence-electron chi connectivity index (χ1n) is 6.42. The molecule has 110 valence electrons. The molecule has 2 N–H and O–H groups in total. The zero-order valence-electron chi connectivity index (χ0n) is 11.5. The predicted octanol–water partition coefficient (Wildman–Crippen LogP) is 2.81. The van der Waals surface area contributed by atoms with Crippen LogP contribution in [0, 0.1) is 0 Å². The van der Waals surface area contributed by atoms with Crippen molar-refractivity contribution in [1.29, 1.82) is 0 Å². The van der Waals surface area contributed by atoms with E-state index < -0.39 is 18.0 Å². The maximum absolute atomic E-state index is 12.0. The van der Waals surface area contributed by atoms with Crippen LogP contribution >= 0.6 is 11.6 Å². The Morgan fingerprint density at radius 3 is 2.60 bits per heavy atom. The van der Waals surface area contributed by atoms with E-state index in [9.17, 15) is 9.59 Å². The van der Waals surface area contributed by atoms with E-state index in [2.05, 4.69) is 0 Å². The number of carbonyl (C=O) groups excluding carboxylic acids is 2. The maximum atomic E-state index is 12.0. The summed E-state index contributed by atoms with van der Waals surface area (Å²) in [5.74, 6) is -1.16. The van der Waals surface area contributed by atoms with Crippen LogP contribution in [0.2, 0.25) is 5.02 Å². The molecule has 20 heavy (non-hydrogen) atoms. The van der Waals surface area contributed by atoms with Gasteiger partial charge in [-0.1, -0.05) is 24.9 Å². The van der Waals surface area contributed by atoms with Crippen LogP contribution in [-0.2, 0) is 14.3 Å². The molecule has 0 aromatic heterocycles. The van der Waals surface area contributed by atoms with Gasteiger partial charge in [-0.3, -0.25) is 0 Å². The van der Waals surface area contributed by atoms with Gasteiger partial charge in [0.2, 0.25) is 0 Å². The number of carbonyl (C=O) groups is 2. The molecule has 1 unspecified atom stereocenters. The molecule has 0 aliphatic carbocycles.